The standard InChI is InChI=1S/C21H24FN3O3S/c22-14-5-7-16(8-6-14)28-13-15(26)11-25-10-9-17(19(27)12-25)23-21-24-18-3-1-2-4-20(18)29-21/h1-8,15,17,19,26-27H,9-13H2,(H,23,24)/t15?,17-,19+/m0/s1. The summed E-state index contributed by atoms with van der Waals surface area (Å²) in [5.41, 5.74) is 0.955. The lowest BCUT2D eigenvalue weighted by Crippen LogP contribution is -2.51. The Kier molecular flexibility index (Phi) is 6.25. The predicted octanol–water partition coefficient (Wildman–Crippen LogP) is 2.72. The Morgan fingerprint density at radius 1 is 1.24 bits per heavy atom. The maximum Gasteiger partial charge on any atom is 0.184 e. The number of likely N-dealkylation sites (tertiary alicyclic amines) is 1. The van der Waals surface area contributed by atoms with Gasteiger partial charge in [-0.15, -0.1) is 0 Å². The third-order valence-corrected chi connectivity index (χ3v) is 5.96. The Hall–Kier alpha value is -2.26. The van der Waals surface area contributed by atoms with E-state index in [2.05, 4.69) is 10.3 Å². The maximum absolute atomic E-state index is 12.9. The van der Waals surface area contributed by atoms with E-state index in [4.69, 9.17) is 4.74 Å². The maximum atomic E-state index is 12.9. The minimum atomic E-state index is -0.693. The van der Waals surface area contributed by atoms with Gasteiger partial charge in [-0.25, -0.2) is 9.37 Å². The molecule has 1 unspecified atom stereocenters. The number of anilines is 1. The number of nitrogens with zero attached hydrogens (tertiary/aromatic N) is 2. The Morgan fingerprint density at radius 3 is 2.79 bits per heavy atom. The van der Waals surface area contributed by atoms with Crippen molar-refractivity contribution in [1.82, 2.24) is 9.88 Å². The summed E-state index contributed by atoms with van der Waals surface area (Å²) in [6.07, 6.45) is -0.496. The quantitative estimate of drug-likeness (QED) is 0.549. The molecule has 1 aromatic heterocycles. The highest BCUT2D eigenvalue weighted by molar-refractivity contribution is 7.22. The number of benzene rings is 2. The molecule has 0 bridgehead atoms. The molecule has 0 amide bonds. The van der Waals surface area contributed by atoms with E-state index in [0.717, 1.165) is 28.3 Å². The number of hydrogen-bond acceptors (Lipinski definition) is 7. The van der Waals surface area contributed by atoms with E-state index >= 15 is 0 Å². The summed E-state index contributed by atoms with van der Waals surface area (Å²) >= 11 is 1.58. The molecule has 1 saturated heterocycles. The summed E-state index contributed by atoms with van der Waals surface area (Å²) in [5.74, 6) is 0.193. The number of β-amino-alcohol motifs (C(OH)–C–C–N with tert-alkyl or cyclic N) is 2. The first kappa shape index (κ1) is 20.0. The van der Waals surface area contributed by atoms with Crippen LogP contribution in [-0.2, 0) is 0 Å². The molecular formula is C21H24FN3O3S. The molecule has 4 rings (SSSR count). The fourth-order valence-corrected chi connectivity index (χ4v) is 4.43. The number of piperidine rings is 1. The molecule has 0 saturated carbocycles. The number of para-hydroxylation sites is 1. The van der Waals surface area contributed by atoms with E-state index in [9.17, 15) is 14.6 Å². The molecule has 3 N–H and O–H groups in total. The molecule has 0 aliphatic carbocycles. The van der Waals surface area contributed by atoms with Gasteiger partial charge in [0.05, 0.1) is 22.4 Å². The molecule has 29 heavy (non-hydrogen) atoms. The molecular weight excluding hydrogens is 393 g/mol. The first-order valence-corrected chi connectivity index (χ1v) is 10.5. The highest BCUT2D eigenvalue weighted by atomic mass is 32.1. The van der Waals surface area contributed by atoms with E-state index in [-0.39, 0.29) is 18.5 Å². The fraction of sp³-hybridized carbons (Fsp3) is 0.381. The van der Waals surface area contributed by atoms with Crippen LogP contribution in [0.3, 0.4) is 0 Å². The van der Waals surface area contributed by atoms with Crippen molar-refractivity contribution in [3.63, 3.8) is 0 Å². The minimum absolute atomic E-state index is 0.0700. The lowest BCUT2D eigenvalue weighted by molar-refractivity contribution is 0.0188. The second-order valence-electron chi connectivity index (χ2n) is 7.27. The Labute approximate surface area is 172 Å². The summed E-state index contributed by atoms with van der Waals surface area (Å²) in [6, 6.07) is 13.6. The normalized spacial score (nSPS) is 21.2. The fourth-order valence-electron chi connectivity index (χ4n) is 3.50. The van der Waals surface area contributed by atoms with Crippen molar-refractivity contribution in [1.29, 1.82) is 0 Å². The van der Waals surface area contributed by atoms with Gasteiger partial charge < -0.3 is 20.3 Å². The highest BCUT2D eigenvalue weighted by Crippen LogP contribution is 2.27. The minimum Gasteiger partial charge on any atom is -0.491 e. The van der Waals surface area contributed by atoms with Gasteiger partial charge in [0.1, 0.15) is 24.3 Å². The van der Waals surface area contributed by atoms with Crippen molar-refractivity contribution in [2.75, 3.05) is 31.6 Å². The summed E-state index contributed by atoms with van der Waals surface area (Å²) in [4.78, 5) is 6.60. The van der Waals surface area contributed by atoms with Crippen LogP contribution in [0.4, 0.5) is 9.52 Å². The van der Waals surface area contributed by atoms with Crippen LogP contribution >= 0.6 is 11.3 Å². The molecule has 1 aliphatic heterocycles. The zero-order valence-corrected chi connectivity index (χ0v) is 16.7. The van der Waals surface area contributed by atoms with E-state index in [1.807, 2.05) is 29.2 Å². The monoisotopic (exact) mass is 417 g/mol. The smallest absolute Gasteiger partial charge is 0.184 e. The summed E-state index contributed by atoms with van der Waals surface area (Å²) in [5, 5.41) is 25.0. The average Bonchev–Trinajstić information content (AvgIpc) is 3.12. The van der Waals surface area contributed by atoms with Crippen molar-refractivity contribution in [2.45, 2.75) is 24.7 Å². The number of aliphatic hydroxyl groups is 2. The number of nitrogens with one attached hydrogen (secondary N) is 1. The van der Waals surface area contributed by atoms with Gasteiger partial charge in [0.15, 0.2) is 5.13 Å². The molecule has 1 aliphatic rings. The van der Waals surface area contributed by atoms with Gasteiger partial charge >= 0.3 is 0 Å². The number of fused-ring (bicyclic) bond motifs is 1. The van der Waals surface area contributed by atoms with Crippen LogP contribution in [-0.4, -0.2) is 64.6 Å². The Bertz CT molecular complexity index is 903. The zero-order chi connectivity index (χ0) is 20.2. The Balaban J connectivity index is 1.24. The van der Waals surface area contributed by atoms with Crippen molar-refractivity contribution in [3.8, 4) is 5.75 Å². The van der Waals surface area contributed by atoms with E-state index in [1.54, 1.807) is 11.3 Å². The van der Waals surface area contributed by atoms with Crippen molar-refractivity contribution in [2.24, 2.45) is 0 Å². The predicted molar refractivity (Wildman–Crippen MR) is 112 cm³/mol. The number of aliphatic hydroxyl groups excluding tert-OH is 2. The van der Waals surface area contributed by atoms with Gasteiger partial charge in [-0.2, -0.15) is 0 Å². The lowest BCUT2D eigenvalue weighted by atomic mass is 10.0. The van der Waals surface area contributed by atoms with E-state index in [1.165, 1.54) is 24.3 Å². The number of rotatable bonds is 7. The molecule has 3 aromatic rings. The van der Waals surface area contributed by atoms with Crippen LogP contribution < -0.4 is 10.1 Å². The zero-order valence-electron chi connectivity index (χ0n) is 15.9. The lowest BCUT2D eigenvalue weighted by Gasteiger charge is -2.37. The van der Waals surface area contributed by atoms with E-state index < -0.39 is 12.2 Å². The molecule has 154 valence electrons. The van der Waals surface area contributed by atoms with Crippen LogP contribution in [0.15, 0.2) is 48.5 Å². The second kappa shape index (κ2) is 9.04. The van der Waals surface area contributed by atoms with Crippen LogP contribution in [0.2, 0.25) is 0 Å². The SMILES string of the molecule is OC(COc1ccc(F)cc1)CN1CC[C@H](Nc2nc3ccccc3s2)[C@H](O)C1. The number of halogens is 1. The molecule has 2 aromatic carbocycles. The number of hydrogen-bond donors (Lipinski definition) is 3. The van der Waals surface area contributed by atoms with Crippen molar-refractivity contribution in [3.05, 3.63) is 54.3 Å². The van der Waals surface area contributed by atoms with Gasteiger partial charge in [0.25, 0.3) is 0 Å². The summed E-state index contributed by atoms with van der Waals surface area (Å²) < 4.78 is 19.5. The van der Waals surface area contributed by atoms with Crippen LogP contribution in [0.5, 0.6) is 5.75 Å². The third-order valence-electron chi connectivity index (χ3n) is 4.99. The number of aromatic nitrogens is 1. The van der Waals surface area contributed by atoms with Crippen LogP contribution in [0, 0.1) is 5.82 Å². The molecule has 0 spiro atoms. The number of ether oxygens (including phenoxy) is 1. The third kappa shape index (κ3) is 5.22. The molecule has 3 atom stereocenters. The summed E-state index contributed by atoms with van der Waals surface area (Å²) in [6.45, 7) is 1.75. The van der Waals surface area contributed by atoms with Gasteiger partial charge in [0, 0.05) is 19.6 Å². The Morgan fingerprint density at radius 2 is 2.03 bits per heavy atom. The second-order valence-corrected chi connectivity index (χ2v) is 8.30. The molecule has 6 nitrogen and oxygen atoms in total. The largest absolute Gasteiger partial charge is 0.491 e. The first-order chi connectivity index (χ1) is 14.1. The van der Waals surface area contributed by atoms with Gasteiger partial charge in [-0.1, -0.05) is 23.5 Å². The van der Waals surface area contributed by atoms with Gasteiger partial charge in [-0.3, -0.25) is 4.90 Å². The van der Waals surface area contributed by atoms with Crippen molar-refractivity contribution >= 4 is 26.7 Å². The molecule has 2 heterocycles. The van der Waals surface area contributed by atoms with Gasteiger partial charge in [-0.05, 0) is 42.8 Å². The average molecular weight is 418 g/mol. The molecule has 0 radical (unpaired) electrons. The van der Waals surface area contributed by atoms with Gasteiger partial charge in [0.2, 0.25) is 0 Å². The number of thiazole rings is 1. The summed E-state index contributed by atoms with van der Waals surface area (Å²) in [7, 11) is 0. The first-order valence-electron chi connectivity index (χ1n) is 9.66. The molecule has 8 heteroatoms. The van der Waals surface area contributed by atoms with E-state index in [0.29, 0.717) is 18.8 Å². The van der Waals surface area contributed by atoms with Crippen LogP contribution in [0.25, 0.3) is 10.2 Å². The molecule has 1 fully saturated rings. The van der Waals surface area contributed by atoms with Crippen molar-refractivity contribution < 1.29 is 19.3 Å². The van der Waals surface area contributed by atoms with Crippen LogP contribution in [0.1, 0.15) is 6.42 Å². The topological polar surface area (TPSA) is 77.9 Å². The highest BCUT2D eigenvalue weighted by Gasteiger charge is 2.29.